The van der Waals surface area contributed by atoms with E-state index >= 15 is 0 Å². The number of hydrogen-bond donors (Lipinski definition) is 3. The van der Waals surface area contributed by atoms with Gasteiger partial charge in [0.1, 0.15) is 11.6 Å². The molecule has 2 unspecified atom stereocenters. The van der Waals surface area contributed by atoms with Crippen molar-refractivity contribution < 1.29 is 14.6 Å². The maximum atomic E-state index is 13.7. The number of rotatable bonds is 7. The Labute approximate surface area is 162 Å². The van der Waals surface area contributed by atoms with Crippen LogP contribution in [0.25, 0.3) is 5.65 Å². The molecule has 4 rings (SSSR count). The van der Waals surface area contributed by atoms with E-state index in [1.54, 1.807) is 22.8 Å². The number of aliphatic hydroxyl groups excluding tert-OH is 2. The van der Waals surface area contributed by atoms with E-state index in [1.807, 2.05) is 18.2 Å². The van der Waals surface area contributed by atoms with E-state index in [-0.39, 0.29) is 25.0 Å². The Kier molecular flexibility index (Phi) is 5.52. The summed E-state index contributed by atoms with van der Waals surface area (Å²) < 4.78 is 15.5. The molecule has 0 aliphatic carbocycles. The molecule has 3 aromatic rings. The highest BCUT2D eigenvalue weighted by Crippen LogP contribution is 2.35. The summed E-state index contributed by atoms with van der Waals surface area (Å²) >= 11 is 0. The summed E-state index contributed by atoms with van der Waals surface area (Å²) in [6, 6.07) is 10.8. The Morgan fingerprint density at radius 1 is 1.29 bits per heavy atom. The molecule has 28 heavy (non-hydrogen) atoms. The number of hydrogen-bond acceptors (Lipinski definition) is 6. The van der Waals surface area contributed by atoms with E-state index in [0.717, 1.165) is 42.1 Å². The van der Waals surface area contributed by atoms with Crippen molar-refractivity contribution in [1.82, 2.24) is 19.9 Å². The van der Waals surface area contributed by atoms with Crippen LogP contribution in [0, 0.1) is 5.82 Å². The zero-order chi connectivity index (χ0) is 19.5. The minimum absolute atomic E-state index is 0.102. The predicted octanol–water partition coefficient (Wildman–Crippen LogP) is 1.65. The molecule has 2 atom stereocenters. The first-order valence-electron chi connectivity index (χ1n) is 9.51. The zero-order valence-electron chi connectivity index (χ0n) is 15.5. The third-order valence-electron chi connectivity index (χ3n) is 5.10. The predicted molar refractivity (Wildman–Crippen MR) is 104 cm³/mol. The Morgan fingerprint density at radius 3 is 3.00 bits per heavy atom. The first-order chi connectivity index (χ1) is 13.7. The van der Waals surface area contributed by atoms with Crippen molar-refractivity contribution in [1.29, 1.82) is 0 Å². The van der Waals surface area contributed by atoms with E-state index < -0.39 is 6.10 Å². The molecule has 1 aliphatic rings. The molecule has 148 valence electrons. The van der Waals surface area contributed by atoms with Gasteiger partial charge >= 0.3 is 0 Å². The quantitative estimate of drug-likeness (QED) is 0.574. The monoisotopic (exact) mass is 385 g/mol. The van der Waals surface area contributed by atoms with Crippen LogP contribution in [0.15, 0.2) is 42.6 Å². The second-order valence-corrected chi connectivity index (χ2v) is 7.08. The fraction of sp³-hybridized carbons (Fsp3) is 0.400. The molecular formula is C20H24FN5O2. The van der Waals surface area contributed by atoms with E-state index in [2.05, 4.69) is 15.2 Å². The van der Waals surface area contributed by atoms with Gasteiger partial charge in [0.25, 0.3) is 0 Å². The normalized spacial score (nSPS) is 18.1. The van der Waals surface area contributed by atoms with Gasteiger partial charge in [0, 0.05) is 19.6 Å². The molecule has 1 saturated heterocycles. The third-order valence-corrected chi connectivity index (χ3v) is 5.10. The molecule has 0 amide bonds. The van der Waals surface area contributed by atoms with Crippen molar-refractivity contribution in [3.8, 4) is 0 Å². The lowest BCUT2D eigenvalue weighted by molar-refractivity contribution is 0.0941. The van der Waals surface area contributed by atoms with Gasteiger partial charge in [-0.3, -0.25) is 0 Å². The first kappa shape index (κ1) is 18.8. The number of anilines is 1. The lowest BCUT2D eigenvalue weighted by Crippen LogP contribution is -2.29. The van der Waals surface area contributed by atoms with Gasteiger partial charge in [-0.1, -0.05) is 12.1 Å². The van der Waals surface area contributed by atoms with Crippen molar-refractivity contribution in [2.75, 3.05) is 24.6 Å². The minimum Gasteiger partial charge on any atom is -0.394 e. The molecule has 0 radical (unpaired) electrons. The first-order valence-corrected chi connectivity index (χ1v) is 9.51. The molecule has 7 nitrogen and oxygen atoms in total. The molecular weight excluding hydrogens is 361 g/mol. The number of nitrogens with zero attached hydrogens (tertiary/aromatic N) is 4. The Balaban J connectivity index is 1.57. The fourth-order valence-electron chi connectivity index (χ4n) is 3.72. The van der Waals surface area contributed by atoms with Crippen LogP contribution in [0.2, 0.25) is 0 Å². The summed E-state index contributed by atoms with van der Waals surface area (Å²) in [6.07, 6.45) is 2.94. The number of aromatic nitrogens is 3. The maximum absolute atomic E-state index is 13.7. The molecule has 0 saturated carbocycles. The average molecular weight is 385 g/mol. The van der Waals surface area contributed by atoms with Gasteiger partial charge in [-0.25, -0.2) is 13.9 Å². The standard InChI is InChI=1S/C20H24FN5O2/c21-15-4-1-3-14(9-15)18-5-2-8-25(18)20-7-6-19-23-11-16(26(19)24-20)10-22-12-17(28)13-27/h1,3-4,6-7,9,11,17-18,22,27-28H,2,5,8,10,12-13H2. The number of nitrogens with one attached hydrogen (secondary N) is 1. The number of imidazole rings is 1. The highest BCUT2D eigenvalue weighted by molar-refractivity contribution is 5.49. The average Bonchev–Trinajstić information content (AvgIpc) is 3.35. The van der Waals surface area contributed by atoms with Gasteiger partial charge in [-0.2, -0.15) is 0 Å². The van der Waals surface area contributed by atoms with Crippen molar-refractivity contribution in [2.24, 2.45) is 0 Å². The van der Waals surface area contributed by atoms with Gasteiger partial charge < -0.3 is 20.4 Å². The van der Waals surface area contributed by atoms with Crippen LogP contribution in [0.3, 0.4) is 0 Å². The van der Waals surface area contributed by atoms with Gasteiger partial charge in [-0.15, -0.1) is 5.10 Å². The number of aliphatic hydroxyl groups is 2. The van der Waals surface area contributed by atoms with Crippen LogP contribution < -0.4 is 10.2 Å². The lowest BCUT2D eigenvalue weighted by atomic mass is 10.0. The summed E-state index contributed by atoms with van der Waals surface area (Å²) in [6.45, 7) is 1.35. The maximum Gasteiger partial charge on any atom is 0.153 e. The number of benzene rings is 1. The van der Waals surface area contributed by atoms with E-state index in [4.69, 9.17) is 10.2 Å². The van der Waals surface area contributed by atoms with Crippen LogP contribution in [0.4, 0.5) is 10.2 Å². The zero-order valence-corrected chi connectivity index (χ0v) is 15.5. The Hall–Kier alpha value is -2.55. The molecule has 1 aliphatic heterocycles. The van der Waals surface area contributed by atoms with Gasteiger partial charge in [0.15, 0.2) is 5.65 Å². The van der Waals surface area contributed by atoms with Crippen LogP contribution in [0.1, 0.15) is 30.1 Å². The summed E-state index contributed by atoms with van der Waals surface area (Å²) in [4.78, 5) is 6.58. The molecule has 0 bridgehead atoms. The van der Waals surface area contributed by atoms with E-state index in [0.29, 0.717) is 6.54 Å². The van der Waals surface area contributed by atoms with Crippen LogP contribution in [0.5, 0.6) is 0 Å². The van der Waals surface area contributed by atoms with Gasteiger partial charge in [0.2, 0.25) is 0 Å². The molecule has 1 fully saturated rings. The van der Waals surface area contributed by atoms with Crippen molar-refractivity contribution in [3.63, 3.8) is 0 Å². The SMILES string of the molecule is OCC(O)CNCc1cnc2ccc(N3CCCC3c3cccc(F)c3)nn12. The van der Waals surface area contributed by atoms with Crippen LogP contribution >= 0.6 is 0 Å². The van der Waals surface area contributed by atoms with Gasteiger partial charge in [-0.05, 0) is 42.7 Å². The topological polar surface area (TPSA) is 85.9 Å². The van der Waals surface area contributed by atoms with Crippen molar-refractivity contribution >= 4 is 11.5 Å². The third kappa shape index (κ3) is 3.84. The number of halogens is 1. The molecule has 8 heteroatoms. The molecule has 0 spiro atoms. The van der Waals surface area contributed by atoms with Crippen LogP contribution in [-0.2, 0) is 6.54 Å². The summed E-state index contributed by atoms with van der Waals surface area (Å²) in [5, 5.41) is 26.2. The lowest BCUT2D eigenvalue weighted by Gasteiger charge is -2.26. The Bertz CT molecular complexity index is 947. The van der Waals surface area contributed by atoms with E-state index in [1.165, 1.54) is 6.07 Å². The molecule has 1 aromatic carbocycles. The van der Waals surface area contributed by atoms with Crippen LogP contribution in [-0.4, -0.2) is 50.6 Å². The van der Waals surface area contributed by atoms with Gasteiger partial charge in [0.05, 0.1) is 30.6 Å². The highest BCUT2D eigenvalue weighted by Gasteiger charge is 2.27. The smallest absolute Gasteiger partial charge is 0.153 e. The second kappa shape index (κ2) is 8.22. The van der Waals surface area contributed by atoms with Crippen molar-refractivity contribution in [3.05, 3.63) is 59.7 Å². The second-order valence-electron chi connectivity index (χ2n) is 7.08. The van der Waals surface area contributed by atoms with E-state index in [9.17, 15) is 9.50 Å². The molecule has 3 N–H and O–H groups in total. The molecule has 2 aromatic heterocycles. The molecule has 3 heterocycles. The largest absolute Gasteiger partial charge is 0.394 e. The summed E-state index contributed by atoms with van der Waals surface area (Å²) in [7, 11) is 0. The highest BCUT2D eigenvalue weighted by atomic mass is 19.1. The van der Waals surface area contributed by atoms with Crippen molar-refractivity contribution in [2.45, 2.75) is 31.5 Å². The Morgan fingerprint density at radius 2 is 2.18 bits per heavy atom. The summed E-state index contributed by atoms with van der Waals surface area (Å²) in [5.41, 5.74) is 2.57. The summed E-state index contributed by atoms with van der Waals surface area (Å²) in [5.74, 6) is 0.606. The fourth-order valence-corrected chi connectivity index (χ4v) is 3.72. The minimum atomic E-state index is -0.792. The number of fused-ring (bicyclic) bond motifs is 1.